The molecule has 1 aliphatic heterocycles. The Balaban J connectivity index is 1.70. The van der Waals surface area contributed by atoms with E-state index in [0.717, 1.165) is 19.5 Å². The van der Waals surface area contributed by atoms with E-state index >= 15 is 0 Å². The second-order valence-electron chi connectivity index (χ2n) is 5.55. The minimum Gasteiger partial charge on any atom is -0.472 e. The van der Waals surface area contributed by atoms with E-state index in [1.54, 1.807) is 12.3 Å². The van der Waals surface area contributed by atoms with Crippen molar-refractivity contribution in [3.05, 3.63) is 60.1 Å². The van der Waals surface area contributed by atoms with Crippen LogP contribution in [-0.2, 0) is 0 Å². The Kier molecular flexibility index (Phi) is 3.59. The Morgan fingerprint density at radius 1 is 1.25 bits per heavy atom. The zero-order valence-corrected chi connectivity index (χ0v) is 11.7. The van der Waals surface area contributed by atoms with E-state index in [4.69, 9.17) is 4.42 Å². The second-order valence-corrected chi connectivity index (χ2v) is 5.55. The highest BCUT2D eigenvalue weighted by Crippen LogP contribution is 2.33. The van der Waals surface area contributed by atoms with Gasteiger partial charge in [0.25, 0.3) is 5.91 Å². The second kappa shape index (κ2) is 5.53. The highest BCUT2D eigenvalue weighted by Gasteiger charge is 2.30. The van der Waals surface area contributed by atoms with Crippen LogP contribution in [-0.4, -0.2) is 23.9 Å². The van der Waals surface area contributed by atoms with E-state index in [1.165, 1.54) is 11.8 Å². The minimum absolute atomic E-state index is 0.0807. The quantitative estimate of drug-likeness (QED) is 0.835. The van der Waals surface area contributed by atoms with E-state index in [0.29, 0.717) is 17.4 Å². The van der Waals surface area contributed by atoms with E-state index in [-0.39, 0.29) is 5.91 Å². The topological polar surface area (TPSA) is 33.5 Å². The summed E-state index contributed by atoms with van der Waals surface area (Å²) in [6.07, 6.45) is 4.10. The number of nitrogens with zero attached hydrogens (tertiary/aromatic N) is 1. The van der Waals surface area contributed by atoms with Crippen LogP contribution in [0, 0.1) is 5.92 Å². The van der Waals surface area contributed by atoms with Gasteiger partial charge in [-0.3, -0.25) is 4.79 Å². The number of benzene rings is 1. The summed E-state index contributed by atoms with van der Waals surface area (Å²) < 4.78 is 5.00. The summed E-state index contributed by atoms with van der Waals surface area (Å²) in [5.74, 6) is 1.10. The largest absolute Gasteiger partial charge is 0.472 e. The van der Waals surface area contributed by atoms with Crippen LogP contribution in [0.1, 0.15) is 35.2 Å². The number of hydrogen-bond acceptors (Lipinski definition) is 2. The summed E-state index contributed by atoms with van der Waals surface area (Å²) in [6.45, 7) is 3.85. The van der Waals surface area contributed by atoms with Crippen molar-refractivity contribution in [2.45, 2.75) is 19.3 Å². The molecule has 20 heavy (non-hydrogen) atoms. The highest BCUT2D eigenvalue weighted by atomic mass is 16.3. The molecule has 1 amide bonds. The van der Waals surface area contributed by atoms with Gasteiger partial charge in [-0.1, -0.05) is 37.3 Å². The van der Waals surface area contributed by atoms with Crippen LogP contribution in [0.15, 0.2) is 53.3 Å². The van der Waals surface area contributed by atoms with Crippen LogP contribution in [0.3, 0.4) is 0 Å². The van der Waals surface area contributed by atoms with Gasteiger partial charge in [-0.2, -0.15) is 0 Å². The lowest BCUT2D eigenvalue weighted by Crippen LogP contribution is -2.42. The number of hydrogen-bond donors (Lipinski definition) is 0. The summed E-state index contributed by atoms with van der Waals surface area (Å²) in [5, 5.41) is 0. The molecule has 2 heterocycles. The Morgan fingerprint density at radius 3 is 2.70 bits per heavy atom. The average molecular weight is 269 g/mol. The third-order valence-corrected chi connectivity index (χ3v) is 4.19. The predicted molar refractivity (Wildman–Crippen MR) is 77.6 cm³/mol. The Bertz CT molecular complexity index is 562. The predicted octanol–water partition coefficient (Wildman–Crippen LogP) is 3.55. The first-order valence-corrected chi connectivity index (χ1v) is 7.12. The van der Waals surface area contributed by atoms with Crippen molar-refractivity contribution in [1.29, 1.82) is 0 Å². The van der Waals surface area contributed by atoms with Crippen LogP contribution in [0.4, 0.5) is 0 Å². The summed E-state index contributed by atoms with van der Waals surface area (Å²) in [4.78, 5) is 14.3. The lowest BCUT2D eigenvalue weighted by molar-refractivity contribution is 0.0660. The molecular weight excluding hydrogens is 250 g/mol. The van der Waals surface area contributed by atoms with Crippen LogP contribution < -0.4 is 0 Å². The number of furan rings is 1. The molecule has 0 radical (unpaired) electrons. The lowest BCUT2D eigenvalue weighted by Gasteiger charge is -2.37. The first-order chi connectivity index (χ1) is 9.75. The summed E-state index contributed by atoms with van der Waals surface area (Å²) in [6, 6.07) is 12.3. The van der Waals surface area contributed by atoms with Crippen LogP contribution in [0.25, 0.3) is 0 Å². The summed E-state index contributed by atoms with van der Waals surface area (Å²) >= 11 is 0. The lowest BCUT2D eigenvalue weighted by atomic mass is 9.81. The number of rotatable bonds is 2. The van der Waals surface area contributed by atoms with Gasteiger partial charge in [0.1, 0.15) is 6.26 Å². The fourth-order valence-electron chi connectivity index (χ4n) is 3.09. The van der Waals surface area contributed by atoms with Gasteiger partial charge in [0.15, 0.2) is 0 Å². The molecule has 0 N–H and O–H groups in total. The van der Waals surface area contributed by atoms with E-state index in [9.17, 15) is 4.79 Å². The van der Waals surface area contributed by atoms with Gasteiger partial charge < -0.3 is 9.32 Å². The number of piperidine rings is 1. The number of carbonyl (C=O) groups is 1. The van der Waals surface area contributed by atoms with Crippen molar-refractivity contribution in [2.75, 3.05) is 13.1 Å². The molecule has 104 valence electrons. The molecule has 0 saturated carbocycles. The molecule has 2 unspecified atom stereocenters. The fraction of sp³-hybridized carbons (Fsp3) is 0.353. The van der Waals surface area contributed by atoms with Crippen LogP contribution in [0.2, 0.25) is 0 Å². The van der Waals surface area contributed by atoms with E-state index < -0.39 is 0 Å². The van der Waals surface area contributed by atoms with Gasteiger partial charge in [0.05, 0.1) is 11.8 Å². The molecule has 3 rings (SSSR count). The third-order valence-electron chi connectivity index (χ3n) is 4.19. The van der Waals surface area contributed by atoms with E-state index in [2.05, 4.69) is 31.2 Å². The monoisotopic (exact) mass is 269 g/mol. The van der Waals surface area contributed by atoms with Gasteiger partial charge in [0.2, 0.25) is 0 Å². The smallest absolute Gasteiger partial charge is 0.257 e. The molecule has 0 bridgehead atoms. The first-order valence-electron chi connectivity index (χ1n) is 7.12. The van der Waals surface area contributed by atoms with Crippen molar-refractivity contribution >= 4 is 5.91 Å². The Labute approximate surface area is 119 Å². The molecular formula is C17H19NO2. The van der Waals surface area contributed by atoms with Crippen molar-refractivity contribution in [3.63, 3.8) is 0 Å². The molecule has 1 aromatic carbocycles. The van der Waals surface area contributed by atoms with Crippen LogP contribution in [0.5, 0.6) is 0 Å². The van der Waals surface area contributed by atoms with E-state index in [1.807, 2.05) is 11.0 Å². The van der Waals surface area contributed by atoms with Gasteiger partial charge in [0, 0.05) is 13.1 Å². The van der Waals surface area contributed by atoms with Crippen molar-refractivity contribution in [3.8, 4) is 0 Å². The molecule has 3 nitrogen and oxygen atoms in total. The van der Waals surface area contributed by atoms with Crippen molar-refractivity contribution < 1.29 is 9.21 Å². The zero-order valence-electron chi connectivity index (χ0n) is 11.7. The maximum atomic E-state index is 12.3. The fourth-order valence-corrected chi connectivity index (χ4v) is 3.09. The molecule has 2 aromatic rings. The third kappa shape index (κ3) is 2.48. The maximum Gasteiger partial charge on any atom is 0.257 e. The normalized spacial score (nSPS) is 22.8. The van der Waals surface area contributed by atoms with Gasteiger partial charge >= 0.3 is 0 Å². The molecule has 3 heteroatoms. The molecule has 0 aliphatic carbocycles. The number of likely N-dealkylation sites (tertiary alicyclic amines) is 1. The average Bonchev–Trinajstić information content (AvgIpc) is 3.01. The molecule has 0 spiro atoms. The van der Waals surface area contributed by atoms with Gasteiger partial charge in [-0.05, 0) is 29.9 Å². The number of carbonyl (C=O) groups excluding carboxylic acids is 1. The molecule has 1 aromatic heterocycles. The van der Waals surface area contributed by atoms with Gasteiger partial charge in [-0.15, -0.1) is 0 Å². The van der Waals surface area contributed by atoms with Crippen molar-refractivity contribution in [1.82, 2.24) is 4.90 Å². The molecule has 2 atom stereocenters. The number of amides is 1. The molecule has 1 fully saturated rings. The summed E-state index contributed by atoms with van der Waals surface area (Å²) in [7, 11) is 0. The summed E-state index contributed by atoms with van der Waals surface area (Å²) in [5.41, 5.74) is 2.03. The van der Waals surface area contributed by atoms with Gasteiger partial charge in [-0.25, -0.2) is 0 Å². The SMILES string of the molecule is CC1CN(C(=O)c2ccoc2)CCC1c1ccccc1. The molecule has 1 saturated heterocycles. The van der Waals surface area contributed by atoms with Crippen molar-refractivity contribution in [2.24, 2.45) is 5.92 Å². The Hall–Kier alpha value is -2.03. The maximum absolute atomic E-state index is 12.3. The zero-order chi connectivity index (χ0) is 13.9. The standard InChI is InChI=1S/C17H19NO2/c1-13-11-18(17(19)15-8-10-20-12-15)9-7-16(13)14-5-3-2-4-6-14/h2-6,8,10,12-13,16H,7,9,11H2,1H3. The highest BCUT2D eigenvalue weighted by molar-refractivity contribution is 5.93. The Morgan fingerprint density at radius 2 is 2.05 bits per heavy atom. The first kappa shape index (κ1) is 13.0. The molecule has 1 aliphatic rings. The van der Waals surface area contributed by atoms with Crippen LogP contribution >= 0.6 is 0 Å². The minimum atomic E-state index is 0.0807.